The number of aliphatic hydroxyl groups excluding tert-OH is 2. The molecule has 12 atom stereocenters. The number of fused-ring (bicyclic) bond motifs is 5. The Morgan fingerprint density at radius 2 is 1.46 bits per heavy atom. The number of amides is 1. The van der Waals surface area contributed by atoms with Crippen LogP contribution in [0.25, 0.3) is 0 Å². The van der Waals surface area contributed by atoms with Gasteiger partial charge in [-0.15, -0.1) is 0 Å². The van der Waals surface area contributed by atoms with Crippen molar-refractivity contribution >= 4 is 40.6 Å². The Bertz CT molecular complexity index is 2030. The molecule has 2 bridgehead atoms. The summed E-state index contributed by atoms with van der Waals surface area (Å²) < 4.78 is 46.2. The third-order valence-corrected chi connectivity index (χ3v) is 26.3. The van der Waals surface area contributed by atoms with E-state index in [1.807, 2.05) is 34.6 Å². The first-order valence-corrected chi connectivity index (χ1v) is 31.0. The molecule has 15 nitrogen and oxygen atoms in total. The second-order valence-corrected chi connectivity index (χ2v) is 32.2. The second-order valence-electron chi connectivity index (χ2n) is 22.8. The highest BCUT2D eigenvalue weighted by Crippen LogP contribution is 2.66. The fraction of sp³-hybridized carbons (Fsp3) is 0.774. The highest BCUT2D eigenvalue weighted by atomic mass is 28.4. The molecule has 3 fully saturated rings. The Morgan fingerprint density at radius 1 is 0.886 bits per heavy atom. The van der Waals surface area contributed by atoms with Crippen LogP contribution in [0.3, 0.4) is 0 Å². The largest absolute Gasteiger partial charge is 0.456 e. The summed E-state index contributed by atoms with van der Waals surface area (Å²) >= 11 is 0. The van der Waals surface area contributed by atoms with Crippen LogP contribution >= 0.6 is 0 Å². The lowest BCUT2D eigenvalue weighted by molar-refractivity contribution is -0.363. The maximum Gasteiger partial charge on any atom is 0.407 e. The predicted octanol–water partition coefficient (Wildman–Crippen LogP) is 8.78. The molecule has 4 aliphatic rings. The molecule has 3 unspecified atom stereocenters. The van der Waals surface area contributed by atoms with Gasteiger partial charge in [0.1, 0.15) is 35.6 Å². The van der Waals surface area contributed by atoms with Crippen LogP contribution in [0.1, 0.15) is 140 Å². The van der Waals surface area contributed by atoms with E-state index in [2.05, 4.69) is 26.1 Å². The number of rotatable bonds is 19. The summed E-state index contributed by atoms with van der Waals surface area (Å²) in [6.45, 7) is 29.7. The Hall–Kier alpha value is -3.17. The van der Waals surface area contributed by atoms with Crippen molar-refractivity contribution in [3.8, 4) is 0 Å². The van der Waals surface area contributed by atoms with Crippen molar-refractivity contribution in [1.82, 2.24) is 5.32 Å². The maximum absolute atomic E-state index is 15.3. The smallest absolute Gasteiger partial charge is 0.407 e. The molecule has 5 rings (SSSR count). The molecule has 1 heterocycles. The average molecular weight is 1020 g/mol. The van der Waals surface area contributed by atoms with E-state index in [-0.39, 0.29) is 36.5 Å². The van der Waals surface area contributed by atoms with E-state index in [0.29, 0.717) is 30.1 Å². The van der Waals surface area contributed by atoms with E-state index in [0.717, 1.165) is 18.1 Å². The van der Waals surface area contributed by atoms with Gasteiger partial charge in [0.15, 0.2) is 28.3 Å². The van der Waals surface area contributed by atoms with E-state index >= 15 is 4.79 Å². The van der Waals surface area contributed by atoms with Crippen LogP contribution in [-0.4, -0.2) is 128 Å². The standard InChI is InChI=1S/C53H87NO14Si2/c1-17-69(18-2,19-3)67-38-29-39-52(31-62-39,65-34(10)55)43-45(64-46(58)35-26-24-23-25-27-35)53(61)30-37(33(9)40(50(53,14)15)41(56)44(57)51(38,43)16)63-47(59)42(68-70(20-4,21-5)22-6)36(28-32(7)8)54-48(60)66-49(11,12)13/h23-27,32,36-39,41-45,56-57,61H,17-22,28-31H2,1-16H3,(H,54,60)/t36-,37-,38?,39+,41-,42?,43?,44-,45-,51+,52-,53+/m0/s1. The number of ether oxygens (including phenoxy) is 5. The van der Waals surface area contributed by atoms with Crippen molar-refractivity contribution in [3.63, 3.8) is 0 Å². The van der Waals surface area contributed by atoms with Gasteiger partial charge in [-0.1, -0.05) is 94.4 Å². The number of aliphatic hydroxyl groups is 3. The Kier molecular flexibility index (Phi) is 17.9. The van der Waals surface area contributed by atoms with Crippen LogP contribution in [0, 0.1) is 22.7 Å². The lowest BCUT2D eigenvalue weighted by Crippen LogP contribution is -2.82. The quantitative estimate of drug-likeness (QED) is 0.0443. The number of hydrogen-bond acceptors (Lipinski definition) is 14. The Balaban J connectivity index is 1.79. The minimum absolute atomic E-state index is 0.00981. The predicted molar refractivity (Wildman–Crippen MR) is 271 cm³/mol. The number of alkyl carbamates (subject to hydrolysis) is 1. The summed E-state index contributed by atoms with van der Waals surface area (Å²) in [5, 5.41) is 43.4. The average Bonchev–Trinajstić information content (AvgIpc) is 3.28. The molecular formula is C53H87NO14Si2. The van der Waals surface area contributed by atoms with Gasteiger partial charge in [-0.05, 0) is 99.6 Å². The second kappa shape index (κ2) is 21.7. The SMILES string of the molecule is CC[Si](CC)(CC)OC(C(=O)O[C@H]1C[C@@]2(O)[C@@H](OC(=O)c3ccccc3)C3[C@@](C)(C(O[Si](CC)(CC)CC)C[C@H]4OC[C@@]34OC(C)=O)[C@@H](O)[C@@H](O)C(=C1C)C2(C)C)[C@H](CC(C)C)NC(=O)OC(C)(C)C. The minimum Gasteiger partial charge on any atom is -0.456 e. The summed E-state index contributed by atoms with van der Waals surface area (Å²) in [5.74, 6) is -3.50. The molecule has 1 saturated heterocycles. The molecule has 17 heteroatoms. The van der Waals surface area contributed by atoms with Crippen LogP contribution in [0.4, 0.5) is 4.79 Å². The van der Waals surface area contributed by atoms with Crippen LogP contribution in [-0.2, 0) is 42.1 Å². The van der Waals surface area contributed by atoms with Gasteiger partial charge in [-0.25, -0.2) is 14.4 Å². The molecule has 0 radical (unpaired) electrons. The molecule has 1 amide bonds. The number of nitrogens with one attached hydrogen (secondary N) is 1. The minimum atomic E-state index is -2.63. The molecule has 3 aliphatic carbocycles. The van der Waals surface area contributed by atoms with Crippen molar-refractivity contribution in [1.29, 1.82) is 0 Å². The van der Waals surface area contributed by atoms with Gasteiger partial charge >= 0.3 is 24.0 Å². The number of benzene rings is 1. The van der Waals surface area contributed by atoms with Crippen molar-refractivity contribution in [2.24, 2.45) is 22.7 Å². The fourth-order valence-corrected chi connectivity index (χ4v) is 18.2. The number of esters is 3. The van der Waals surface area contributed by atoms with E-state index in [1.54, 1.807) is 78.8 Å². The Morgan fingerprint density at radius 3 is 1.94 bits per heavy atom. The zero-order valence-electron chi connectivity index (χ0n) is 45.1. The molecule has 1 aromatic carbocycles. The molecular weight excluding hydrogens is 931 g/mol. The molecule has 396 valence electrons. The van der Waals surface area contributed by atoms with Gasteiger partial charge in [0, 0.05) is 30.6 Å². The Labute approximate surface area is 419 Å². The van der Waals surface area contributed by atoms with Crippen LogP contribution in [0.2, 0.25) is 36.3 Å². The van der Waals surface area contributed by atoms with E-state index < -0.39 is 123 Å². The van der Waals surface area contributed by atoms with Gasteiger partial charge in [-0.2, -0.15) is 0 Å². The summed E-state index contributed by atoms with van der Waals surface area (Å²) in [6, 6.07) is 11.8. The van der Waals surface area contributed by atoms with E-state index in [1.165, 1.54) is 6.92 Å². The van der Waals surface area contributed by atoms with Gasteiger partial charge in [-0.3, -0.25) is 4.79 Å². The van der Waals surface area contributed by atoms with Crippen molar-refractivity contribution in [2.45, 2.75) is 232 Å². The highest BCUT2D eigenvalue weighted by molar-refractivity contribution is 6.74. The third kappa shape index (κ3) is 10.7. The van der Waals surface area contributed by atoms with Crippen LogP contribution < -0.4 is 5.32 Å². The highest BCUT2D eigenvalue weighted by Gasteiger charge is 2.78. The molecule has 0 spiro atoms. The van der Waals surface area contributed by atoms with Crippen molar-refractivity contribution in [3.05, 3.63) is 47.0 Å². The van der Waals surface area contributed by atoms with Crippen LogP contribution in [0.15, 0.2) is 41.5 Å². The molecule has 2 saturated carbocycles. The zero-order valence-corrected chi connectivity index (χ0v) is 47.1. The van der Waals surface area contributed by atoms with Crippen LogP contribution in [0.5, 0.6) is 0 Å². The monoisotopic (exact) mass is 1020 g/mol. The summed E-state index contributed by atoms with van der Waals surface area (Å²) in [7, 11) is -5.17. The van der Waals surface area contributed by atoms with E-state index in [9.17, 15) is 29.7 Å². The summed E-state index contributed by atoms with van der Waals surface area (Å²) in [5.41, 5.74) is -6.93. The van der Waals surface area contributed by atoms with Gasteiger partial charge < -0.3 is 53.2 Å². The molecule has 4 N–H and O–H groups in total. The summed E-state index contributed by atoms with van der Waals surface area (Å²) in [4.78, 5) is 57.0. The maximum atomic E-state index is 15.3. The molecule has 1 aliphatic heterocycles. The number of carbonyl (C=O) groups is 4. The first-order valence-electron chi connectivity index (χ1n) is 26.0. The number of carbonyl (C=O) groups excluding carboxylic acids is 4. The topological polar surface area (TPSA) is 206 Å². The fourth-order valence-electron chi connectivity index (χ4n) is 12.4. The lowest BCUT2D eigenvalue weighted by atomic mass is 9.44. The van der Waals surface area contributed by atoms with Crippen molar-refractivity contribution in [2.75, 3.05) is 6.61 Å². The lowest BCUT2D eigenvalue weighted by Gasteiger charge is -2.70. The molecule has 0 aromatic heterocycles. The van der Waals surface area contributed by atoms with Gasteiger partial charge in [0.25, 0.3) is 0 Å². The molecule has 1 aromatic rings. The molecule has 70 heavy (non-hydrogen) atoms. The number of hydrogen-bond donors (Lipinski definition) is 4. The van der Waals surface area contributed by atoms with E-state index in [4.69, 9.17) is 32.5 Å². The normalized spacial score (nSPS) is 31.7. The first kappa shape index (κ1) is 57.7. The zero-order chi connectivity index (χ0) is 52.6. The first-order chi connectivity index (χ1) is 32.5. The van der Waals surface area contributed by atoms with Gasteiger partial charge in [0.2, 0.25) is 0 Å². The van der Waals surface area contributed by atoms with Gasteiger partial charge in [0.05, 0.1) is 36.3 Å². The third-order valence-electron chi connectivity index (χ3n) is 17.0. The summed E-state index contributed by atoms with van der Waals surface area (Å²) in [6.07, 6.45) is -9.77. The van der Waals surface area contributed by atoms with Crippen molar-refractivity contribution < 1.29 is 67.0 Å².